The minimum Gasteiger partial charge on any atom is -0.465 e. The van der Waals surface area contributed by atoms with Crippen molar-refractivity contribution in [2.75, 3.05) is 20.3 Å². The fourth-order valence-electron chi connectivity index (χ4n) is 5.50. The van der Waals surface area contributed by atoms with E-state index in [0.29, 0.717) is 21.7 Å². The van der Waals surface area contributed by atoms with Crippen LogP contribution in [0, 0.1) is 12.3 Å². The number of hydrogen-bond donors (Lipinski definition) is 2. The van der Waals surface area contributed by atoms with Crippen LogP contribution in [0.3, 0.4) is 0 Å². The predicted octanol–water partition coefficient (Wildman–Crippen LogP) is 1.70. The molecule has 0 unspecified atom stereocenters. The van der Waals surface area contributed by atoms with Crippen molar-refractivity contribution in [1.82, 2.24) is 10.6 Å². The molecule has 0 radical (unpaired) electrons. The van der Waals surface area contributed by atoms with Crippen LogP contribution in [0.2, 0.25) is 5.02 Å². The number of hydrogen-bond acceptors (Lipinski definition) is 14. The molecule has 17 heteroatoms. The summed E-state index contributed by atoms with van der Waals surface area (Å²) in [6, 6.07) is 11.5. The van der Waals surface area contributed by atoms with Gasteiger partial charge in [0.1, 0.15) is 12.2 Å². The number of amides is 2. The van der Waals surface area contributed by atoms with E-state index in [4.69, 9.17) is 51.2 Å². The number of carbonyl (C=O) groups excluding carboxylic acids is 7. The minimum absolute atomic E-state index is 0.118. The first-order valence-electron chi connectivity index (χ1n) is 16.5. The molecule has 0 saturated carbocycles. The number of rotatable bonds is 16. The highest BCUT2D eigenvalue weighted by molar-refractivity contribution is 6.30. The van der Waals surface area contributed by atoms with Gasteiger partial charge in [0.2, 0.25) is 5.91 Å². The predicted molar refractivity (Wildman–Crippen MR) is 187 cm³/mol. The molecule has 2 amide bonds. The molecule has 1 heterocycles. The van der Waals surface area contributed by atoms with Gasteiger partial charge in [-0.25, -0.2) is 4.79 Å². The Labute approximate surface area is 316 Å². The molecule has 1 saturated heterocycles. The van der Waals surface area contributed by atoms with Crippen molar-refractivity contribution < 1.29 is 66.7 Å². The Balaban J connectivity index is 2.13. The van der Waals surface area contributed by atoms with Crippen LogP contribution < -0.4 is 10.6 Å². The lowest BCUT2D eigenvalue weighted by molar-refractivity contribution is -0.317. The van der Waals surface area contributed by atoms with Crippen molar-refractivity contribution in [1.29, 1.82) is 0 Å². The number of halogens is 1. The lowest BCUT2D eigenvalue weighted by Gasteiger charge is -2.48. The van der Waals surface area contributed by atoms with Crippen LogP contribution in [0.1, 0.15) is 50.8 Å². The van der Waals surface area contributed by atoms with Crippen LogP contribution in [-0.4, -0.2) is 98.2 Å². The second-order valence-electron chi connectivity index (χ2n) is 12.0. The first kappa shape index (κ1) is 42.9. The molecule has 54 heavy (non-hydrogen) atoms. The third-order valence-corrected chi connectivity index (χ3v) is 8.03. The zero-order valence-electron chi connectivity index (χ0n) is 30.2. The zero-order chi connectivity index (χ0) is 40.0. The second-order valence-corrected chi connectivity index (χ2v) is 12.4. The summed E-state index contributed by atoms with van der Waals surface area (Å²) < 4.78 is 39.2. The Bertz CT molecular complexity index is 1730. The maximum absolute atomic E-state index is 13.7. The third kappa shape index (κ3) is 12.9. The normalized spacial score (nSPS) is 20.1. The van der Waals surface area contributed by atoms with Gasteiger partial charge in [-0.15, -0.1) is 6.42 Å². The molecule has 1 aliphatic heterocycles. The van der Waals surface area contributed by atoms with Crippen molar-refractivity contribution in [2.45, 2.75) is 83.4 Å². The van der Waals surface area contributed by atoms with Gasteiger partial charge in [-0.1, -0.05) is 41.8 Å². The molecule has 6 atom stereocenters. The van der Waals surface area contributed by atoms with E-state index in [0.717, 1.165) is 34.8 Å². The molecule has 16 nitrogen and oxygen atoms in total. The number of terminal acetylenes is 1. The van der Waals surface area contributed by atoms with Gasteiger partial charge >= 0.3 is 29.8 Å². The standard InChI is InChI=1S/C37H41ClN2O14/c1-7-25-8-10-27(11-9-25)19-50-37(36(47)48-6)17-29(51-22(3)42)33(40-32(46)20-49-21(2)41)35(54-37)34(53-24(5)44)30(52-23(4)43)18-39-31(45)16-26-12-14-28(38)15-13-26/h1,8-15,29-30,33-35H,16-20H2,2-6H3,(H,39,45)(H,40,46)/t29-,30+,33+,34+,35+,37+/m0/s1. The van der Waals surface area contributed by atoms with Crippen LogP contribution in [0.15, 0.2) is 48.5 Å². The van der Waals surface area contributed by atoms with Crippen molar-refractivity contribution in [3.63, 3.8) is 0 Å². The SMILES string of the molecule is C#Cc1ccc(CO[C@]2(C(=O)OC)C[C@H](OC(C)=O)[C@@H](NC(=O)COC(C)=O)[C@H]([C@H](OC(C)=O)[C@@H](CNC(=O)Cc3ccc(Cl)cc3)OC(C)=O)O2)cc1. The lowest BCUT2D eigenvalue weighted by Crippen LogP contribution is -2.69. The molecule has 1 fully saturated rings. The summed E-state index contributed by atoms with van der Waals surface area (Å²) in [6.45, 7) is 2.66. The first-order chi connectivity index (χ1) is 25.5. The number of methoxy groups -OCH3 is 1. The molecule has 2 N–H and O–H groups in total. The highest BCUT2D eigenvalue weighted by Gasteiger charge is 2.59. The van der Waals surface area contributed by atoms with Gasteiger partial charge in [0, 0.05) is 38.3 Å². The maximum Gasteiger partial charge on any atom is 0.366 e. The highest BCUT2D eigenvalue weighted by Crippen LogP contribution is 2.37. The molecule has 290 valence electrons. The summed E-state index contributed by atoms with van der Waals surface area (Å²) in [7, 11) is 1.04. The first-order valence-corrected chi connectivity index (χ1v) is 16.8. The molecular weight excluding hydrogens is 732 g/mol. The fourth-order valence-corrected chi connectivity index (χ4v) is 5.62. The minimum atomic E-state index is -2.42. The molecule has 0 aliphatic carbocycles. The molecule has 0 aromatic heterocycles. The monoisotopic (exact) mass is 772 g/mol. The van der Waals surface area contributed by atoms with Gasteiger partial charge in [-0.3, -0.25) is 28.8 Å². The second kappa shape index (κ2) is 20.1. The fraction of sp³-hybridized carbons (Fsp3) is 0.432. The maximum atomic E-state index is 13.7. The van der Waals surface area contributed by atoms with Gasteiger partial charge in [0.05, 0.1) is 39.1 Å². The molecule has 0 spiro atoms. The van der Waals surface area contributed by atoms with Gasteiger partial charge < -0.3 is 43.8 Å². The van der Waals surface area contributed by atoms with Gasteiger partial charge in [-0.05, 0) is 35.4 Å². The average molecular weight is 773 g/mol. The molecular formula is C37H41ClN2O14. The van der Waals surface area contributed by atoms with E-state index in [-0.39, 0.29) is 13.0 Å². The number of benzene rings is 2. The van der Waals surface area contributed by atoms with E-state index < -0.39 is 97.5 Å². The van der Waals surface area contributed by atoms with Gasteiger partial charge in [0.25, 0.3) is 11.7 Å². The van der Waals surface area contributed by atoms with Crippen LogP contribution in [-0.2, 0) is 79.7 Å². The topological polar surface area (TPSA) is 208 Å². The summed E-state index contributed by atoms with van der Waals surface area (Å²) in [6.07, 6.45) is -1.78. The smallest absolute Gasteiger partial charge is 0.366 e. The number of esters is 5. The van der Waals surface area contributed by atoms with E-state index in [1.165, 1.54) is 0 Å². The van der Waals surface area contributed by atoms with E-state index >= 15 is 0 Å². The summed E-state index contributed by atoms with van der Waals surface area (Å²) in [5, 5.41) is 5.63. The summed E-state index contributed by atoms with van der Waals surface area (Å²) in [4.78, 5) is 89.0. The van der Waals surface area contributed by atoms with Crippen LogP contribution in [0.25, 0.3) is 0 Å². The van der Waals surface area contributed by atoms with Crippen LogP contribution in [0.4, 0.5) is 0 Å². The summed E-state index contributed by atoms with van der Waals surface area (Å²) in [5.74, 6) is -5.96. The number of nitrogens with one attached hydrogen (secondary N) is 2. The third-order valence-electron chi connectivity index (χ3n) is 7.78. The Morgan fingerprint density at radius 3 is 2.07 bits per heavy atom. The van der Waals surface area contributed by atoms with E-state index in [1.807, 2.05) is 0 Å². The zero-order valence-corrected chi connectivity index (χ0v) is 31.0. The Morgan fingerprint density at radius 1 is 0.889 bits per heavy atom. The lowest BCUT2D eigenvalue weighted by atomic mass is 9.87. The van der Waals surface area contributed by atoms with Crippen LogP contribution >= 0.6 is 11.6 Å². The van der Waals surface area contributed by atoms with Crippen molar-refractivity contribution in [2.24, 2.45) is 0 Å². The molecule has 0 bridgehead atoms. The Morgan fingerprint density at radius 2 is 1.52 bits per heavy atom. The molecule has 1 aliphatic rings. The van der Waals surface area contributed by atoms with Crippen molar-refractivity contribution >= 4 is 53.3 Å². The van der Waals surface area contributed by atoms with Crippen molar-refractivity contribution in [3.8, 4) is 12.3 Å². The van der Waals surface area contributed by atoms with Crippen molar-refractivity contribution in [3.05, 3.63) is 70.2 Å². The highest BCUT2D eigenvalue weighted by atomic mass is 35.5. The van der Waals surface area contributed by atoms with E-state index in [2.05, 4.69) is 16.6 Å². The number of carbonyl (C=O) groups is 7. The van der Waals surface area contributed by atoms with E-state index in [1.54, 1.807) is 48.5 Å². The van der Waals surface area contributed by atoms with Gasteiger partial charge in [0.15, 0.2) is 18.8 Å². The van der Waals surface area contributed by atoms with E-state index in [9.17, 15) is 33.6 Å². The van der Waals surface area contributed by atoms with Gasteiger partial charge in [-0.2, -0.15) is 0 Å². The van der Waals surface area contributed by atoms with Crippen LogP contribution in [0.5, 0.6) is 0 Å². The summed E-state index contributed by atoms with van der Waals surface area (Å²) in [5.41, 5.74) is 1.69. The quantitative estimate of drug-likeness (QED) is 0.142. The number of ether oxygens (including phenoxy) is 7. The molecule has 3 rings (SSSR count). The average Bonchev–Trinajstić information content (AvgIpc) is 3.12. The summed E-state index contributed by atoms with van der Waals surface area (Å²) >= 11 is 5.95. The largest absolute Gasteiger partial charge is 0.465 e. The molecule has 2 aromatic carbocycles. The Kier molecular flexibility index (Phi) is 16.0. The molecule has 2 aromatic rings. The Hall–Kier alpha value is -5.50.